The summed E-state index contributed by atoms with van der Waals surface area (Å²) in [5.41, 5.74) is 1.60. The maximum atomic E-state index is 14.2. The Bertz CT molecular complexity index is 639. The summed E-state index contributed by atoms with van der Waals surface area (Å²) in [4.78, 5) is 2.33. The summed E-state index contributed by atoms with van der Waals surface area (Å²) in [5.74, 6) is 0.298. The molecular formula is C18H20FNO2. The predicted molar refractivity (Wildman–Crippen MR) is 83.3 cm³/mol. The fourth-order valence-electron chi connectivity index (χ4n) is 2.78. The molecule has 1 fully saturated rings. The maximum absolute atomic E-state index is 14.2. The third-order valence-electron chi connectivity index (χ3n) is 3.96. The highest BCUT2D eigenvalue weighted by molar-refractivity contribution is 5.39. The quantitative estimate of drug-likeness (QED) is 0.914. The van der Waals surface area contributed by atoms with Gasteiger partial charge >= 0.3 is 0 Å². The van der Waals surface area contributed by atoms with E-state index in [2.05, 4.69) is 4.90 Å². The highest BCUT2D eigenvalue weighted by atomic mass is 19.1. The number of nitrogens with zero attached hydrogens (tertiary/aromatic N) is 1. The summed E-state index contributed by atoms with van der Waals surface area (Å²) in [6.07, 6.45) is 2.45. The Morgan fingerprint density at radius 2 is 1.82 bits per heavy atom. The van der Waals surface area contributed by atoms with E-state index in [1.165, 1.54) is 18.9 Å². The van der Waals surface area contributed by atoms with Crippen molar-refractivity contribution in [1.82, 2.24) is 4.90 Å². The average molecular weight is 301 g/mol. The monoisotopic (exact) mass is 301 g/mol. The van der Waals surface area contributed by atoms with Crippen molar-refractivity contribution >= 4 is 0 Å². The fraction of sp³-hybridized carbons (Fsp3) is 0.333. The fourth-order valence-corrected chi connectivity index (χ4v) is 2.78. The summed E-state index contributed by atoms with van der Waals surface area (Å²) in [6, 6.07) is 12.2. The third kappa shape index (κ3) is 3.46. The number of rotatable bonds is 5. The Morgan fingerprint density at radius 3 is 2.55 bits per heavy atom. The molecule has 3 nitrogen and oxygen atoms in total. The van der Waals surface area contributed by atoms with Gasteiger partial charge in [0.15, 0.2) is 11.6 Å². The first-order chi connectivity index (χ1) is 10.8. The summed E-state index contributed by atoms with van der Waals surface area (Å²) in [5, 5.41) is 9.29. The Kier molecular flexibility index (Phi) is 4.71. The zero-order valence-corrected chi connectivity index (χ0v) is 12.5. The van der Waals surface area contributed by atoms with E-state index in [-0.39, 0.29) is 18.2 Å². The van der Waals surface area contributed by atoms with Crippen LogP contribution in [0.15, 0.2) is 42.5 Å². The zero-order chi connectivity index (χ0) is 15.4. The summed E-state index contributed by atoms with van der Waals surface area (Å²) in [7, 11) is 0. The molecule has 22 heavy (non-hydrogen) atoms. The molecule has 4 heteroatoms. The molecule has 1 N–H and O–H groups in total. The summed E-state index contributed by atoms with van der Waals surface area (Å²) >= 11 is 0. The van der Waals surface area contributed by atoms with E-state index in [4.69, 9.17) is 4.74 Å². The van der Waals surface area contributed by atoms with Crippen LogP contribution in [0, 0.1) is 5.82 Å². The van der Waals surface area contributed by atoms with E-state index in [0.29, 0.717) is 11.3 Å². The second kappa shape index (κ2) is 6.90. The van der Waals surface area contributed by atoms with Crippen LogP contribution in [0.25, 0.3) is 0 Å². The zero-order valence-electron chi connectivity index (χ0n) is 12.5. The molecule has 0 amide bonds. The molecule has 0 unspecified atom stereocenters. The molecule has 3 rings (SSSR count). The largest absolute Gasteiger partial charge is 0.454 e. The van der Waals surface area contributed by atoms with Crippen molar-refractivity contribution in [3.05, 3.63) is 59.4 Å². The first-order valence-electron chi connectivity index (χ1n) is 7.63. The first kappa shape index (κ1) is 15.0. The average Bonchev–Trinajstić information content (AvgIpc) is 3.03. The highest BCUT2D eigenvalue weighted by Gasteiger charge is 2.14. The lowest BCUT2D eigenvalue weighted by Gasteiger charge is -2.15. The van der Waals surface area contributed by atoms with Crippen LogP contribution in [-0.4, -0.2) is 23.1 Å². The predicted octanol–water partition coefficient (Wildman–Crippen LogP) is 3.71. The van der Waals surface area contributed by atoms with E-state index < -0.39 is 0 Å². The molecule has 1 aliphatic heterocycles. The van der Waals surface area contributed by atoms with Gasteiger partial charge in [-0.25, -0.2) is 4.39 Å². The Labute approximate surface area is 130 Å². The van der Waals surface area contributed by atoms with Gasteiger partial charge in [-0.05, 0) is 49.7 Å². The standard InChI is InChI=1S/C18H20FNO2/c19-16-11-14(12-20-9-3-4-10-20)7-8-18(16)22-17-6-2-1-5-15(17)13-21/h1-2,5-8,11,21H,3-4,9-10,12-13H2. The Morgan fingerprint density at radius 1 is 1.05 bits per heavy atom. The van der Waals surface area contributed by atoms with Crippen molar-refractivity contribution in [2.24, 2.45) is 0 Å². The first-order valence-corrected chi connectivity index (χ1v) is 7.63. The van der Waals surface area contributed by atoms with Crippen molar-refractivity contribution in [3.63, 3.8) is 0 Å². The molecule has 1 aliphatic rings. The summed E-state index contributed by atoms with van der Waals surface area (Å²) < 4.78 is 19.8. The molecule has 0 bridgehead atoms. The van der Waals surface area contributed by atoms with Gasteiger partial charge < -0.3 is 9.84 Å². The van der Waals surface area contributed by atoms with Crippen LogP contribution in [-0.2, 0) is 13.2 Å². The molecule has 1 heterocycles. The van der Waals surface area contributed by atoms with Crippen molar-refractivity contribution in [2.45, 2.75) is 26.0 Å². The van der Waals surface area contributed by atoms with Gasteiger partial charge in [0.25, 0.3) is 0 Å². The van der Waals surface area contributed by atoms with E-state index in [9.17, 15) is 9.50 Å². The van der Waals surface area contributed by atoms with E-state index in [0.717, 1.165) is 25.2 Å². The van der Waals surface area contributed by atoms with Crippen LogP contribution in [0.2, 0.25) is 0 Å². The van der Waals surface area contributed by atoms with Gasteiger partial charge in [0.05, 0.1) is 6.61 Å². The highest BCUT2D eigenvalue weighted by Crippen LogP contribution is 2.28. The molecule has 0 spiro atoms. The van der Waals surface area contributed by atoms with Crippen molar-refractivity contribution < 1.29 is 14.2 Å². The van der Waals surface area contributed by atoms with Crippen LogP contribution in [0.3, 0.4) is 0 Å². The Balaban J connectivity index is 1.74. The van der Waals surface area contributed by atoms with Crippen LogP contribution in [0.5, 0.6) is 11.5 Å². The van der Waals surface area contributed by atoms with Crippen LogP contribution < -0.4 is 4.74 Å². The van der Waals surface area contributed by atoms with E-state index in [1.807, 2.05) is 12.1 Å². The number of hydrogen-bond acceptors (Lipinski definition) is 3. The lowest BCUT2D eigenvalue weighted by molar-refractivity contribution is 0.276. The number of likely N-dealkylation sites (tertiary alicyclic amines) is 1. The number of ether oxygens (including phenoxy) is 1. The third-order valence-corrected chi connectivity index (χ3v) is 3.96. The number of para-hydroxylation sites is 1. The van der Waals surface area contributed by atoms with Crippen molar-refractivity contribution in [1.29, 1.82) is 0 Å². The van der Waals surface area contributed by atoms with Gasteiger partial charge in [-0.2, -0.15) is 0 Å². The smallest absolute Gasteiger partial charge is 0.166 e. The second-order valence-electron chi connectivity index (χ2n) is 5.62. The maximum Gasteiger partial charge on any atom is 0.166 e. The summed E-state index contributed by atoms with van der Waals surface area (Å²) in [6.45, 7) is 2.82. The topological polar surface area (TPSA) is 32.7 Å². The number of halogens is 1. The van der Waals surface area contributed by atoms with E-state index >= 15 is 0 Å². The molecule has 0 aromatic heterocycles. The molecule has 0 radical (unpaired) electrons. The van der Waals surface area contributed by atoms with Crippen LogP contribution in [0.1, 0.15) is 24.0 Å². The lowest BCUT2D eigenvalue weighted by atomic mass is 10.2. The van der Waals surface area contributed by atoms with Gasteiger partial charge in [0, 0.05) is 12.1 Å². The molecule has 116 valence electrons. The number of aliphatic hydroxyl groups excluding tert-OH is 1. The van der Waals surface area contributed by atoms with Gasteiger partial charge in [-0.3, -0.25) is 4.90 Å². The normalized spacial score (nSPS) is 15.2. The molecule has 2 aromatic carbocycles. The van der Waals surface area contributed by atoms with Crippen LogP contribution in [0.4, 0.5) is 4.39 Å². The number of benzene rings is 2. The Hall–Kier alpha value is -1.91. The molecular weight excluding hydrogens is 281 g/mol. The number of aliphatic hydroxyl groups is 1. The minimum atomic E-state index is -0.371. The van der Waals surface area contributed by atoms with Gasteiger partial charge in [0.2, 0.25) is 0 Å². The number of hydrogen-bond donors (Lipinski definition) is 1. The SMILES string of the molecule is OCc1ccccc1Oc1ccc(CN2CCCC2)cc1F. The van der Waals surface area contributed by atoms with Crippen molar-refractivity contribution in [3.8, 4) is 11.5 Å². The van der Waals surface area contributed by atoms with Gasteiger partial charge in [0.1, 0.15) is 5.75 Å². The minimum absolute atomic E-state index is 0.134. The molecule has 2 aromatic rings. The van der Waals surface area contributed by atoms with Gasteiger partial charge in [-0.15, -0.1) is 0 Å². The minimum Gasteiger partial charge on any atom is -0.454 e. The molecule has 0 aliphatic carbocycles. The lowest BCUT2D eigenvalue weighted by Crippen LogP contribution is -2.18. The van der Waals surface area contributed by atoms with E-state index in [1.54, 1.807) is 24.3 Å². The van der Waals surface area contributed by atoms with Crippen LogP contribution >= 0.6 is 0 Å². The molecule has 1 saturated heterocycles. The second-order valence-corrected chi connectivity index (χ2v) is 5.62. The molecule has 0 saturated carbocycles. The van der Waals surface area contributed by atoms with Crippen molar-refractivity contribution in [2.75, 3.05) is 13.1 Å². The van der Waals surface area contributed by atoms with Gasteiger partial charge in [-0.1, -0.05) is 24.3 Å². The molecule has 0 atom stereocenters.